The smallest absolute Gasteiger partial charge is 0.0770 e. The summed E-state index contributed by atoms with van der Waals surface area (Å²) in [4.78, 5) is 18.8. The lowest BCUT2D eigenvalue weighted by atomic mass is 9.72. The SMILES string of the molecule is CC(C)(C)CCCCCCCCCC1(C(=O)[O-])C=CC=C2C1=Nc1ccccc12.CCCC[NH+](CCCC)CCCC. The van der Waals surface area contributed by atoms with Crippen LogP contribution in [0.5, 0.6) is 0 Å². The number of aliphatic imine (C=N–C) groups is 1. The van der Waals surface area contributed by atoms with E-state index in [1.807, 2.05) is 41.3 Å². The lowest BCUT2D eigenvalue weighted by Gasteiger charge is -2.34. The minimum Gasteiger partial charge on any atom is -0.549 e. The molecule has 0 radical (unpaired) electrons. The zero-order valence-corrected chi connectivity index (χ0v) is 28.0. The molecule has 1 atom stereocenters. The van der Waals surface area contributed by atoms with Crippen LogP contribution in [0.1, 0.15) is 143 Å². The molecular formula is C38H62N2O2. The molecule has 2 aliphatic rings. The normalized spacial score (nSPS) is 17.3. The van der Waals surface area contributed by atoms with E-state index in [9.17, 15) is 9.90 Å². The van der Waals surface area contributed by atoms with E-state index >= 15 is 0 Å². The van der Waals surface area contributed by atoms with Crippen molar-refractivity contribution in [3.05, 3.63) is 48.1 Å². The zero-order valence-electron chi connectivity index (χ0n) is 28.0. The first-order valence-corrected chi connectivity index (χ1v) is 17.3. The summed E-state index contributed by atoms with van der Waals surface area (Å²) in [6.07, 6.45) is 23.9. The van der Waals surface area contributed by atoms with E-state index in [-0.39, 0.29) is 0 Å². The van der Waals surface area contributed by atoms with Crippen LogP contribution in [-0.2, 0) is 4.79 Å². The van der Waals surface area contributed by atoms with Gasteiger partial charge in [0.1, 0.15) is 0 Å². The van der Waals surface area contributed by atoms with Crippen molar-refractivity contribution in [1.82, 2.24) is 0 Å². The van der Waals surface area contributed by atoms with Gasteiger partial charge in [-0.3, -0.25) is 4.99 Å². The van der Waals surface area contributed by atoms with E-state index in [2.05, 4.69) is 41.5 Å². The number of hydrogen-bond acceptors (Lipinski definition) is 3. The van der Waals surface area contributed by atoms with Gasteiger partial charge in [-0.1, -0.05) is 142 Å². The molecule has 0 aromatic heterocycles. The lowest BCUT2D eigenvalue weighted by molar-refractivity contribution is -0.900. The van der Waals surface area contributed by atoms with E-state index in [0.29, 0.717) is 17.5 Å². The summed E-state index contributed by atoms with van der Waals surface area (Å²) in [6.45, 7) is 18.0. The largest absolute Gasteiger partial charge is 0.549 e. The number of fused-ring (bicyclic) bond motifs is 3. The minimum atomic E-state index is -1.10. The summed E-state index contributed by atoms with van der Waals surface area (Å²) < 4.78 is 0. The Morgan fingerprint density at radius 3 is 1.90 bits per heavy atom. The molecule has 4 nitrogen and oxygen atoms in total. The van der Waals surface area contributed by atoms with Crippen LogP contribution in [0.2, 0.25) is 0 Å². The van der Waals surface area contributed by atoms with E-state index in [4.69, 9.17) is 4.99 Å². The molecule has 1 aliphatic carbocycles. The molecule has 236 valence electrons. The van der Waals surface area contributed by atoms with Gasteiger partial charge in [-0.05, 0) is 43.6 Å². The molecule has 42 heavy (non-hydrogen) atoms. The van der Waals surface area contributed by atoms with Crippen molar-refractivity contribution in [3.8, 4) is 0 Å². The molecular weight excluding hydrogens is 516 g/mol. The Labute approximate surface area is 258 Å². The lowest BCUT2D eigenvalue weighted by Crippen LogP contribution is -3.12. The Bertz CT molecular complexity index is 997. The first-order chi connectivity index (χ1) is 20.2. The molecule has 3 rings (SSSR count). The quantitative estimate of drug-likeness (QED) is 0.168. The number of carboxylic acids is 1. The minimum absolute atomic E-state index is 0.433. The number of quaternary nitrogens is 1. The number of carboxylic acid groups (broad SMARTS) is 1. The van der Waals surface area contributed by atoms with Crippen LogP contribution >= 0.6 is 0 Å². The predicted molar refractivity (Wildman–Crippen MR) is 179 cm³/mol. The maximum Gasteiger partial charge on any atom is 0.0770 e. The molecule has 0 spiro atoms. The van der Waals surface area contributed by atoms with Crippen LogP contribution in [0.3, 0.4) is 0 Å². The van der Waals surface area contributed by atoms with Gasteiger partial charge < -0.3 is 14.8 Å². The maximum absolute atomic E-state index is 12.2. The van der Waals surface area contributed by atoms with Crippen LogP contribution in [0, 0.1) is 10.8 Å². The molecule has 1 aromatic rings. The fraction of sp³-hybridized carbons (Fsp3) is 0.684. The van der Waals surface area contributed by atoms with Gasteiger partial charge in [0, 0.05) is 11.1 Å². The molecule has 0 saturated heterocycles. The molecule has 1 unspecified atom stereocenters. The molecule has 0 fully saturated rings. The first-order valence-electron chi connectivity index (χ1n) is 17.3. The summed E-state index contributed by atoms with van der Waals surface area (Å²) in [7, 11) is 0. The number of benzene rings is 1. The third kappa shape index (κ3) is 11.8. The number of carbonyl (C=O) groups is 1. The summed E-state index contributed by atoms with van der Waals surface area (Å²) in [5, 5.41) is 12.2. The van der Waals surface area contributed by atoms with Crippen LogP contribution in [0.4, 0.5) is 5.69 Å². The number of carbonyl (C=O) groups excluding carboxylic acids is 1. The fourth-order valence-corrected chi connectivity index (χ4v) is 6.07. The number of unbranched alkanes of at least 4 members (excludes halogenated alkanes) is 9. The Kier molecular flexibility index (Phi) is 16.4. The van der Waals surface area contributed by atoms with Crippen LogP contribution < -0.4 is 10.0 Å². The van der Waals surface area contributed by atoms with Gasteiger partial charge in [-0.25, -0.2) is 0 Å². The zero-order chi connectivity index (χ0) is 30.8. The van der Waals surface area contributed by atoms with Gasteiger partial charge in [-0.2, -0.15) is 0 Å². The molecule has 1 N–H and O–H groups in total. The average molecular weight is 579 g/mol. The second-order valence-corrected chi connectivity index (χ2v) is 13.8. The van der Waals surface area contributed by atoms with Crippen molar-refractivity contribution in [3.63, 3.8) is 0 Å². The average Bonchev–Trinajstić information content (AvgIpc) is 3.35. The van der Waals surface area contributed by atoms with E-state index < -0.39 is 11.4 Å². The molecule has 0 saturated carbocycles. The maximum atomic E-state index is 12.2. The molecule has 1 aliphatic heterocycles. The molecule has 1 aromatic carbocycles. The van der Waals surface area contributed by atoms with Crippen LogP contribution in [0.25, 0.3) is 5.57 Å². The highest BCUT2D eigenvalue weighted by molar-refractivity contribution is 6.37. The van der Waals surface area contributed by atoms with E-state index in [0.717, 1.165) is 36.1 Å². The standard InChI is InChI=1S/C26H35NO2.C12H27N/c1-25(2,3)17-11-7-5-4-6-8-12-18-26(24(28)29)19-13-15-21-20-14-9-10-16-22(20)27-23(21)26;1-4-7-10-13(11-8-5-2)12-9-6-3/h9-10,13-16,19H,4-8,11-12,17-18H2,1-3H3,(H,28,29);4-12H2,1-3H3. The van der Waals surface area contributed by atoms with Gasteiger partial charge in [0.15, 0.2) is 0 Å². The van der Waals surface area contributed by atoms with Gasteiger partial charge in [0.25, 0.3) is 0 Å². The Morgan fingerprint density at radius 1 is 0.810 bits per heavy atom. The Hall–Kier alpha value is -2.20. The topological polar surface area (TPSA) is 56.9 Å². The van der Waals surface area contributed by atoms with E-state index in [1.54, 1.807) is 6.08 Å². The molecule has 0 amide bonds. The van der Waals surface area contributed by atoms with Crippen molar-refractivity contribution in [2.24, 2.45) is 15.8 Å². The number of nitrogens with zero attached hydrogens (tertiary/aromatic N) is 1. The van der Waals surface area contributed by atoms with Crippen molar-refractivity contribution >= 4 is 22.9 Å². The summed E-state index contributed by atoms with van der Waals surface area (Å²) in [6, 6.07) is 7.87. The number of para-hydroxylation sites is 1. The van der Waals surface area contributed by atoms with Crippen LogP contribution in [-0.4, -0.2) is 31.3 Å². The predicted octanol–water partition coefficient (Wildman–Crippen LogP) is 8.29. The second kappa shape index (κ2) is 19.2. The summed E-state index contributed by atoms with van der Waals surface area (Å²) >= 11 is 0. The van der Waals surface area contributed by atoms with Crippen molar-refractivity contribution in [2.75, 3.05) is 19.6 Å². The Balaban J connectivity index is 0.000000401. The van der Waals surface area contributed by atoms with Crippen LogP contribution in [0.15, 0.2) is 47.5 Å². The second-order valence-electron chi connectivity index (χ2n) is 13.8. The van der Waals surface area contributed by atoms with Gasteiger partial charge >= 0.3 is 0 Å². The highest BCUT2D eigenvalue weighted by Gasteiger charge is 2.41. The number of nitrogens with one attached hydrogen (secondary N) is 1. The number of allylic oxidation sites excluding steroid dienone is 3. The molecule has 1 heterocycles. The third-order valence-corrected chi connectivity index (χ3v) is 8.76. The Morgan fingerprint density at radius 2 is 1.36 bits per heavy atom. The van der Waals surface area contributed by atoms with Crippen molar-refractivity contribution < 1.29 is 14.8 Å². The number of hydrogen-bond donors (Lipinski definition) is 1. The highest BCUT2D eigenvalue weighted by atomic mass is 16.4. The number of rotatable bonds is 19. The number of aliphatic carboxylic acids is 1. The fourth-order valence-electron chi connectivity index (χ4n) is 6.07. The van der Waals surface area contributed by atoms with Gasteiger partial charge in [0.05, 0.1) is 42.4 Å². The van der Waals surface area contributed by atoms with Crippen molar-refractivity contribution in [2.45, 2.75) is 138 Å². The molecule has 0 bridgehead atoms. The summed E-state index contributed by atoms with van der Waals surface area (Å²) in [5.41, 5.74) is 2.80. The molecule has 4 heteroatoms. The van der Waals surface area contributed by atoms with E-state index in [1.165, 1.54) is 90.3 Å². The highest BCUT2D eigenvalue weighted by Crippen LogP contribution is 2.45. The first kappa shape index (κ1) is 36.0. The third-order valence-electron chi connectivity index (χ3n) is 8.76. The summed E-state index contributed by atoms with van der Waals surface area (Å²) in [5.74, 6) is -1.03. The monoisotopic (exact) mass is 578 g/mol. The van der Waals surface area contributed by atoms with Gasteiger partial charge in [0.2, 0.25) is 0 Å². The van der Waals surface area contributed by atoms with Gasteiger partial charge in [-0.15, -0.1) is 0 Å². The van der Waals surface area contributed by atoms with Crippen molar-refractivity contribution in [1.29, 1.82) is 0 Å².